The molecule has 0 aliphatic carbocycles. The molecule has 0 radical (unpaired) electrons. The molecule has 104 valence electrons. The second-order valence-corrected chi connectivity index (χ2v) is 4.46. The van der Waals surface area contributed by atoms with Crippen molar-refractivity contribution in [1.82, 2.24) is 0 Å². The third-order valence-electron chi connectivity index (χ3n) is 2.70. The van der Waals surface area contributed by atoms with Crippen molar-refractivity contribution in [2.24, 2.45) is 16.5 Å². The average molecular weight is 262 g/mol. The number of hydrogen-bond donors (Lipinski definition) is 3. The number of benzene rings is 1. The van der Waals surface area contributed by atoms with Gasteiger partial charge < -0.3 is 16.8 Å². The summed E-state index contributed by atoms with van der Waals surface area (Å²) in [4.78, 5) is 15.0. The van der Waals surface area contributed by atoms with E-state index in [0.29, 0.717) is 0 Å². The van der Waals surface area contributed by atoms with Gasteiger partial charge in [-0.3, -0.25) is 0 Å². The van der Waals surface area contributed by atoms with Crippen molar-refractivity contribution in [2.75, 3.05) is 5.32 Å². The van der Waals surface area contributed by atoms with Crippen LogP contribution >= 0.6 is 0 Å². The molecule has 0 aromatic heterocycles. The van der Waals surface area contributed by atoms with E-state index in [-0.39, 0.29) is 5.96 Å². The summed E-state index contributed by atoms with van der Waals surface area (Å²) in [6.07, 6.45) is 4.07. The topological polar surface area (TPSA) is 93.5 Å². The molecule has 0 heterocycles. The van der Waals surface area contributed by atoms with E-state index in [0.717, 1.165) is 36.9 Å². The molecule has 1 aromatic carbocycles. The van der Waals surface area contributed by atoms with E-state index in [1.807, 2.05) is 12.1 Å². The number of anilines is 1. The highest BCUT2D eigenvalue weighted by Gasteiger charge is 2.07. The summed E-state index contributed by atoms with van der Waals surface area (Å²) in [5, 5.41) is 2.71. The zero-order chi connectivity index (χ0) is 14.3. The van der Waals surface area contributed by atoms with Crippen LogP contribution in [0.4, 0.5) is 10.5 Å². The van der Waals surface area contributed by atoms with Gasteiger partial charge in [-0.25, -0.2) is 4.79 Å². The molecule has 0 saturated carbocycles. The lowest BCUT2D eigenvalue weighted by Crippen LogP contribution is -2.25. The molecule has 0 aliphatic rings. The normalized spacial score (nSPS) is 10.0. The molecule has 0 fully saturated rings. The number of amides is 2. The summed E-state index contributed by atoms with van der Waals surface area (Å²) >= 11 is 0. The maximum absolute atomic E-state index is 11.5. The first kappa shape index (κ1) is 15.0. The number of carbonyl (C=O) groups is 1. The van der Waals surface area contributed by atoms with Gasteiger partial charge >= 0.3 is 6.03 Å². The fourth-order valence-electron chi connectivity index (χ4n) is 1.95. The van der Waals surface area contributed by atoms with Crippen molar-refractivity contribution in [3.8, 4) is 0 Å². The minimum Gasteiger partial charge on any atom is -0.370 e. The van der Waals surface area contributed by atoms with Gasteiger partial charge in [0.05, 0.1) is 0 Å². The van der Waals surface area contributed by atoms with Gasteiger partial charge in [-0.05, 0) is 30.0 Å². The summed E-state index contributed by atoms with van der Waals surface area (Å²) < 4.78 is 0. The van der Waals surface area contributed by atoms with E-state index >= 15 is 0 Å². The standard InChI is InChI=1S/C14H22N4O/c1-3-5-10-7-8-12(11(9-10)6-4-2)17-14(19)18-13(15)16/h7-9H,3-6H2,1-2H3,(H5,15,16,17,18,19). The number of rotatable bonds is 5. The molecule has 2 amide bonds. The molecule has 0 unspecified atom stereocenters. The Morgan fingerprint density at radius 3 is 2.47 bits per heavy atom. The van der Waals surface area contributed by atoms with Crippen LogP contribution in [-0.4, -0.2) is 12.0 Å². The Bertz CT molecular complexity index is 465. The second kappa shape index (κ2) is 7.41. The van der Waals surface area contributed by atoms with E-state index in [2.05, 4.69) is 30.2 Å². The highest BCUT2D eigenvalue weighted by Crippen LogP contribution is 2.20. The van der Waals surface area contributed by atoms with Gasteiger partial charge in [0.1, 0.15) is 0 Å². The number of aryl methyl sites for hydroxylation is 2. The molecule has 5 heteroatoms. The first-order chi connectivity index (χ1) is 9.06. The quantitative estimate of drug-likeness (QED) is 0.562. The molecular formula is C14H22N4O. The summed E-state index contributed by atoms with van der Waals surface area (Å²) in [5.74, 6) is -0.239. The zero-order valence-electron chi connectivity index (χ0n) is 11.6. The SMILES string of the molecule is CCCc1ccc(NC(=O)N=C(N)N)c(CCC)c1. The molecule has 0 bridgehead atoms. The maximum atomic E-state index is 11.5. The van der Waals surface area contributed by atoms with Gasteiger partial charge in [0.15, 0.2) is 5.96 Å². The predicted octanol–water partition coefficient (Wildman–Crippen LogP) is 2.40. The number of hydrogen-bond acceptors (Lipinski definition) is 1. The molecule has 5 N–H and O–H groups in total. The summed E-state index contributed by atoms with van der Waals surface area (Å²) in [6, 6.07) is 5.53. The Balaban J connectivity index is 2.92. The highest BCUT2D eigenvalue weighted by atomic mass is 16.2. The second-order valence-electron chi connectivity index (χ2n) is 4.46. The molecule has 1 rings (SSSR count). The average Bonchev–Trinajstić information content (AvgIpc) is 2.32. The number of guanidine groups is 1. The van der Waals surface area contributed by atoms with Crippen LogP contribution in [0.3, 0.4) is 0 Å². The van der Waals surface area contributed by atoms with E-state index in [1.54, 1.807) is 0 Å². The van der Waals surface area contributed by atoms with Crippen molar-refractivity contribution in [2.45, 2.75) is 39.5 Å². The lowest BCUT2D eigenvalue weighted by atomic mass is 10.0. The number of nitrogens with two attached hydrogens (primary N) is 2. The monoisotopic (exact) mass is 262 g/mol. The molecular weight excluding hydrogens is 240 g/mol. The van der Waals surface area contributed by atoms with Crippen molar-refractivity contribution in [1.29, 1.82) is 0 Å². The Morgan fingerprint density at radius 2 is 1.89 bits per heavy atom. The minimum absolute atomic E-state index is 0.239. The van der Waals surface area contributed by atoms with E-state index in [1.165, 1.54) is 5.56 Å². The van der Waals surface area contributed by atoms with Gasteiger partial charge in [-0.15, -0.1) is 0 Å². The van der Waals surface area contributed by atoms with Crippen LogP contribution in [0.15, 0.2) is 23.2 Å². The maximum Gasteiger partial charge on any atom is 0.348 e. The van der Waals surface area contributed by atoms with Crippen LogP contribution in [-0.2, 0) is 12.8 Å². The summed E-state index contributed by atoms with van der Waals surface area (Å²) in [6.45, 7) is 4.25. The Labute approximate surface area is 114 Å². The zero-order valence-corrected chi connectivity index (χ0v) is 11.6. The third kappa shape index (κ3) is 4.99. The Morgan fingerprint density at radius 1 is 1.21 bits per heavy atom. The molecule has 5 nitrogen and oxygen atoms in total. The highest BCUT2D eigenvalue weighted by molar-refractivity contribution is 5.98. The van der Waals surface area contributed by atoms with E-state index < -0.39 is 6.03 Å². The first-order valence-corrected chi connectivity index (χ1v) is 6.59. The van der Waals surface area contributed by atoms with E-state index in [9.17, 15) is 4.79 Å². The van der Waals surface area contributed by atoms with Crippen LogP contribution < -0.4 is 16.8 Å². The number of carbonyl (C=O) groups excluding carboxylic acids is 1. The van der Waals surface area contributed by atoms with Crippen molar-refractivity contribution >= 4 is 17.7 Å². The van der Waals surface area contributed by atoms with Crippen LogP contribution in [0.1, 0.15) is 37.8 Å². The molecule has 1 aromatic rings. The van der Waals surface area contributed by atoms with Gasteiger partial charge in [0.25, 0.3) is 0 Å². The molecule has 0 atom stereocenters. The smallest absolute Gasteiger partial charge is 0.348 e. The lowest BCUT2D eigenvalue weighted by Gasteiger charge is -2.11. The van der Waals surface area contributed by atoms with Crippen LogP contribution in [0.25, 0.3) is 0 Å². The first-order valence-electron chi connectivity index (χ1n) is 6.59. The van der Waals surface area contributed by atoms with E-state index in [4.69, 9.17) is 11.5 Å². The van der Waals surface area contributed by atoms with Gasteiger partial charge in [0, 0.05) is 5.69 Å². The van der Waals surface area contributed by atoms with Crippen LogP contribution in [0, 0.1) is 0 Å². The Kier molecular flexibility index (Phi) is 5.85. The van der Waals surface area contributed by atoms with Crippen LogP contribution in [0.2, 0.25) is 0 Å². The molecule has 19 heavy (non-hydrogen) atoms. The van der Waals surface area contributed by atoms with Gasteiger partial charge in [-0.2, -0.15) is 4.99 Å². The molecule has 0 aliphatic heterocycles. The fourth-order valence-corrected chi connectivity index (χ4v) is 1.95. The fraction of sp³-hybridized carbons (Fsp3) is 0.429. The van der Waals surface area contributed by atoms with Crippen molar-refractivity contribution in [3.63, 3.8) is 0 Å². The lowest BCUT2D eigenvalue weighted by molar-refractivity contribution is 0.259. The molecule has 0 spiro atoms. The van der Waals surface area contributed by atoms with Crippen LogP contribution in [0.5, 0.6) is 0 Å². The van der Waals surface area contributed by atoms with Gasteiger partial charge in [0.2, 0.25) is 0 Å². The number of nitrogens with zero attached hydrogens (tertiary/aromatic N) is 1. The third-order valence-corrected chi connectivity index (χ3v) is 2.70. The largest absolute Gasteiger partial charge is 0.370 e. The number of aliphatic imine (C=N–C) groups is 1. The predicted molar refractivity (Wildman–Crippen MR) is 79.3 cm³/mol. The minimum atomic E-state index is -0.541. The number of urea groups is 1. The summed E-state index contributed by atoms with van der Waals surface area (Å²) in [5.41, 5.74) is 13.5. The Hall–Kier alpha value is -2.04. The molecule has 0 saturated heterocycles. The van der Waals surface area contributed by atoms with Gasteiger partial charge in [-0.1, -0.05) is 38.8 Å². The summed E-state index contributed by atoms with van der Waals surface area (Å²) in [7, 11) is 0. The van der Waals surface area contributed by atoms with Crippen molar-refractivity contribution < 1.29 is 4.79 Å². The van der Waals surface area contributed by atoms with Crippen molar-refractivity contribution in [3.05, 3.63) is 29.3 Å². The number of nitrogens with one attached hydrogen (secondary N) is 1.